The van der Waals surface area contributed by atoms with Crippen LogP contribution in [0.4, 0.5) is 8.78 Å². The molecule has 1 aromatic rings. The molecule has 0 saturated heterocycles. The predicted molar refractivity (Wildman–Crippen MR) is 113 cm³/mol. The second kappa shape index (κ2) is 8.84. The number of hydrogen-bond donors (Lipinski definition) is 0. The average Bonchev–Trinajstić information content (AvgIpc) is 2.74. The van der Waals surface area contributed by atoms with Gasteiger partial charge in [0.1, 0.15) is 0 Å². The number of rotatable bonds is 5. The molecule has 2 heteroatoms. The van der Waals surface area contributed by atoms with Crippen LogP contribution >= 0.6 is 0 Å². The third-order valence-electron chi connectivity index (χ3n) is 8.45. The van der Waals surface area contributed by atoms with Gasteiger partial charge in [-0.1, -0.05) is 52.0 Å². The van der Waals surface area contributed by atoms with Gasteiger partial charge in [0, 0.05) is 0 Å². The Labute approximate surface area is 170 Å². The van der Waals surface area contributed by atoms with Crippen molar-refractivity contribution in [3.05, 3.63) is 34.4 Å². The third-order valence-corrected chi connectivity index (χ3v) is 8.45. The molecule has 0 nitrogen and oxygen atoms in total. The Kier molecular flexibility index (Phi) is 6.43. The minimum Gasteiger partial charge on any atom is -0.203 e. The Morgan fingerprint density at radius 1 is 0.893 bits per heavy atom. The Morgan fingerprint density at radius 2 is 1.68 bits per heavy atom. The van der Waals surface area contributed by atoms with Crippen LogP contribution in [0.15, 0.2) is 6.07 Å². The summed E-state index contributed by atoms with van der Waals surface area (Å²) in [5, 5.41) is 0. The van der Waals surface area contributed by atoms with Gasteiger partial charge in [0.05, 0.1) is 0 Å². The van der Waals surface area contributed by atoms with Gasteiger partial charge in [-0.25, -0.2) is 8.78 Å². The summed E-state index contributed by atoms with van der Waals surface area (Å²) in [7, 11) is 0. The molecule has 0 amide bonds. The van der Waals surface area contributed by atoms with Crippen molar-refractivity contribution in [2.24, 2.45) is 23.7 Å². The van der Waals surface area contributed by atoms with Crippen molar-refractivity contribution in [2.75, 3.05) is 0 Å². The van der Waals surface area contributed by atoms with Crippen molar-refractivity contribution >= 4 is 0 Å². The molecule has 3 aliphatic carbocycles. The molecule has 156 valence electrons. The lowest BCUT2D eigenvalue weighted by atomic mass is 9.63. The second-order valence-corrected chi connectivity index (χ2v) is 10.1. The molecule has 4 rings (SSSR count). The fraction of sp³-hybridized carbons (Fsp3) is 0.769. The van der Waals surface area contributed by atoms with Crippen molar-refractivity contribution in [2.45, 2.75) is 103 Å². The molecule has 28 heavy (non-hydrogen) atoms. The van der Waals surface area contributed by atoms with E-state index in [-0.39, 0.29) is 5.92 Å². The van der Waals surface area contributed by atoms with Crippen molar-refractivity contribution in [1.82, 2.24) is 0 Å². The lowest BCUT2D eigenvalue weighted by Crippen LogP contribution is -2.31. The Balaban J connectivity index is 1.47. The molecule has 0 spiro atoms. The molecule has 2 saturated carbocycles. The van der Waals surface area contributed by atoms with Crippen molar-refractivity contribution in [3.63, 3.8) is 0 Å². The molecule has 0 heterocycles. The molecular weight excluding hydrogens is 350 g/mol. The fourth-order valence-corrected chi connectivity index (χ4v) is 6.60. The van der Waals surface area contributed by atoms with Gasteiger partial charge in [-0.05, 0) is 97.6 Å². The van der Waals surface area contributed by atoms with Gasteiger partial charge in [0.25, 0.3) is 0 Å². The fourth-order valence-electron chi connectivity index (χ4n) is 6.60. The largest absolute Gasteiger partial charge is 0.203 e. The maximum absolute atomic E-state index is 15.1. The van der Waals surface area contributed by atoms with Crippen LogP contribution in [0.1, 0.15) is 107 Å². The Bertz CT molecular complexity index is 680. The van der Waals surface area contributed by atoms with Crippen LogP contribution in [0.3, 0.4) is 0 Å². The molecular formula is C26H38F2. The molecule has 0 aromatic heterocycles. The van der Waals surface area contributed by atoms with Gasteiger partial charge in [-0.3, -0.25) is 0 Å². The molecule has 0 radical (unpaired) electrons. The van der Waals surface area contributed by atoms with Crippen LogP contribution in [0, 0.1) is 35.3 Å². The topological polar surface area (TPSA) is 0 Å². The SMILES string of the molecule is CCCCC1CCC2CC(c3cc4c(c(F)c3F)CC(CC)CC4)CCC2C1. The van der Waals surface area contributed by atoms with E-state index in [2.05, 4.69) is 19.9 Å². The van der Waals surface area contributed by atoms with E-state index < -0.39 is 11.6 Å². The van der Waals surface area contributed by atoms with Crippen LogP contribution in [-0.4, -0.2) is 0 Å². The zero-order chi connectivity index (χ0) is 19.7. The molecule has 5 atom stereocenters. The summed E-state index contributed by atoms with van der Waals surface area (Å²) < 4.78 is 30.0. The highest BCUT2D eigenvalue weighted by atomic mass is 19.2. The molecule has 1 aromatic carbocycles. The summed E-state index contributed by atoms with van der Waals surface area (Å²) in [5.41, 5.74) is 2.49. The van der Waals surface area contributed by atoms with Gasteiger partial charge in [0.15, 0.2) is 11.6 Å². The number of fused-ring (bicyclic) bond motifs is 2. The first-order chi connectivity index (χ1) is 13.6. The number of unbranched alkanes of at least 4 members (excludes halogenated alkanes) is 1. The van der Waals surface area contributed by atoms with Crippen LogP contribution in [0.5, 0.6) is 0 Å². The molecule has 0 bridgehead atoms. The van der Waals surface area contributed by atoms with Gasteiger partial charge in [-0.2, -0.15) is 0 Å². The monoisotopic (exact) mass is 388 g/mol. The van der Waals surface area contributed by atoms with Gasteiger partial charge in [-0.15, -0.1) is 0 Å². The summed E-state index contributed by atoms with van der Waals surface area (Å²) in [6, 6.07) is 2.07. The summed E-state index contributed by atoms with van der Waals surface area (Å²) >= 11 is 0. The predicted octanol–water partition coefficient (Wildman–Crippen LogP) is 7.97. The number of benzene rings is 1. The van der Waals surface area contributed by atoms with Crippen LogP contribution in [0.2, 0.25) is 0 Å². The highest BCUT2D eigenvalue weighted by molar-refractivity contribution is 5.38. The average molecular weight is 389 g/mol. The maximum atomic E-state index is 15.1. The second-order valence-electron chi connectivity index (χ2n) is 10.1. The van der Waals surface area contributed by atoms with E-state index in [0.29, 0.717) is 17.0 Å². The highest BCUT2D eigenvalue weighted by Crippen LogP contribution is 2.49. The first kappa shape index (κ1) is 20.4. The minimum absolute atomic E-state index is 0.233. The van der Waals surface area contributed by atoms with E-state index >= 15 is 4.39 Å². The normalized spacial score (nSPS) is 32.6. The number of hydrogen-bond acceptors (Lipinski definition) is 0. The van der Waals surface area contributed by atoms with Crippen molar-refractivity contribution < 1.29 is 8.78 Å². The molecule has 5 unspecified atom stereocenters. The number of aryl methyl sites for hydroxylation is 1. The highest BCUT2D eigenvalue weighted by Gasteiger charge is 2.37. The zero-order valence-corrected chi connectivity index (χ0v) is 17.9. The van der Waals surface area contributed by atoms with Crippen LogP contribution in [-0.2, 0) is 12.8 Å². The van der Waals surface area contributed by atoms with Crippen molar-refractivity contribution in [3.8, 4) is 0 Å². The zero-order valence-electron chi connectivity index (χ0n) is 17.9. The first-order valence-corrected chi connectivity index (χ1v) is 12.1. The Hall–Kier alpha value is -0.920. The molecule has 2 fully saturated rings. The van der Waals surface area contributed by atoms with E-state index in [1.165, 1.54) is 44.9 Å². The quantitative estimate of drug-likeness (QED) is 0.480. The summed E-state index contributed by atoms with van der Waals surface area (Å²) in [5.74, 6) is 2.21. The smallest absolute Gasteiger partial charge is 0.162 e. The maximum Gasteiger partial charge on any atom is 0.162 e. The van der Waals surface area contributed by atoms with E-state index in [4.69, 9.17) is 0 Å². The van der Waals surface area contributed by atoms with E-state index in [0.717, 1.165) is 61.8 Å². The first-order valence-electron chi connectivity index (χ1n) is 12.1. The van der Waals surface area contributed by atoms with E-state index in [1.807, 2.05) is 0 Å². The lowest BCUT2D eigenvalue weighted by molar-refractivity contribution is 0.112. The summed E-state index contributed by atoms with van der Waals surface area (Å²) in [4.78, 5) is 0. The summed E-state index contributed by atoms with van der Waals surface area (Å²) in [6.07, 6.45) is 15.3. The standard InChI is InChI=1S/C26H38F2/c1-3-5-6-18-8-9-20-15-21(12-11-19(20)13-18)24-16-22-10-7-17(4-2)14-23(22)25(27)26(24)28/h16-21H,3-15H2,1-2H3. The Morgan fingerprint density at radius 3 is 2.46 bits per heavy atom. The minimum atomic E-state index is -0.518. The third kappa shape index (κ3) is 4.03. The van der Waals surface area contributed by atoms with Gasteiger partial charge in [0.2, 0.25) is 0 Å². The van der Waals surface area contributed by atoms with Gasteiger partial charge >= 0.3 is 0 Å². The van der Waals surface area contributed by atoms with Crippen molar-refractivity contribution in [1.29, 1.82) is 0 Å². The van der Waals surface area contributed by atoms with E-state index in [1.54, 1.807) is 0 Å². The number of halogens is 2. The van der Waals surface area contributed by atoms with Crippen LogP contribution in [0.25, 0.3) is 0 Å². The van der Waals surface area contributed by atoms with Gasteiger partial charge < -0.3 is 0 Å². The molecule has 3 aliphatic rings. The van der Waals surface area contributed by atoms with E-state index in [9.17, 15) is 4.39 Å². The molecule has 0 aliphatic heterocycles. The van der Waals surface area contributed by atoms with Crippen LogP contribution < -0.4 is 0 Å². The summed E-state index contributed by atoms with van der Waals surface area (Å²) in [6.45, 7) is 4.44. The lowest BCUT2D eigenvalue weighted by Gasteiger charge is -2.42. The molecule has 0 N–H and O–H groups in total.